The number of thioether (sulfide) groups is 1. The normalized spacial score (nSPS) is 18.6. The Balaban J connectivity index is 1.54. The maximum absolute atomic E-state index is 12.7. The van der Waals surface area contributed by atoms with Gasteiger partial charge in [0.05, 0.1) is 11.5 Å². The Hall–Kier alpha value is -2.65. The largest absolute Gasteiger partial charge is 0.450 e. The number of ether oxygens (including phenoxy) is 1. The molecule has 0 atom stereocenters. The summed E-state index contributed by atoms with van der Waals surface area (Å²) in [6, 6.07) is 9.76. The Kier molecular flexibility index (Phi) is 7.64. The van der Waals surface area contributed by atoms with Crippen molar-refractivity contribution in [2.75, 3.05) is 39.3 Å². The van der Waals surface area contributed by atoms with E-state index < -0.39 is 0 Å². The summed E-state index contributed by atoms with van der Waals surface area (Å²) >= 11 is 6.50. The highest BCUT2D eigenvalue weighted by molar-refractivity contribution is 8.26. The van der Waals surface area contributed by atoms with E-state index in [1.807, 2.05) is 36.4 Å². The second-order valence-electron chi connectivity index (χ2n) is 6.63. The van der Waals surface area contributed by atoms with Crippen LogP contribution in [0.4, 0.5) is 4.79 Å². The zero-order chi connectivity index (χ0) is 21.5. The maximum atomic E-state index is 12.7. The highest BCUT2D eigenvalue weighted by Gasteiger charge is 2.35. The van der Waals surface area contributed by atoms with Crippen LogP contribution in [0.3, 0.4) is 0 Å². The first-order valence-corrected chi connectivity index (χ1v) is 10.9. The van der Waals surface area contributed by atoms with Crippen molar-refractivity contribution >= 4 is 52.3 Å². The number of carbonyl (C=O) groups is 3. The molecule has 0 radical (unpaired) electrons. The molecule has 2 fully saturated rings. The lowest BCUT2D eigenvalue weighted by atomic mass is 10.2. The van der Waals surface area contributed by atoms with Crippen LogP contribution in [0.1, 0.15) is 12.5 Å². The number of rotatable bonds is 5. The lowest BCUT2D eigenvalue weighted by Gasteiger charge is -2.34. The number of allylic oxidation sites excluding steroid dienone is 2. The minimum absolute atomic E-state index is 0.0934. The molecule has 2 saturated heterocycles. The average molecular weight is 446 g/mol. The molecule has 158 valence electrons. The van der Waals surface area contributed by atoms with E-state index in [9.17, 15) is 14.4 Å². The predicted octanol–water partition coefficient (Wildman–Crippen LogP) is 2.74. The summed E-state index contributed by atoms with van der Waals surface area (Å²) in [4.78, 5) is 42.1. The number of thiocarbonyl (C=S) groups is 1. The fourth-order valence-electron chi connectivity index (χ4n) is 3.05. The van der Waals surface area contributed by atoms with Crippen LogP contribution in [0.25, 0.3) is 6.08 Å². The molecule has 0 bridgehead atoms. The van der Waals surface area contributed by atoms with Crippen molar-refractivity contribution in [3.8, 4) is 0 Å². The standard InChI is InChI=1S/C21H23N3O4S2/c1-2-28-20(27)23-13-11-22(12-14-23)18(25)15-24-19(26)17(30-21(24)29)10-6-9-16-7-4-3-5-8-16/h3-10H,2,11-15H2,1H3. The van der Waals surface area contributed by atoms with Gasteiger partial charge in [0.25, 0.3) is 5.91 Å². The van der Waals surface area contributed by atoms with E-state index in [0.29, 0.717) is 42.0 Å². The Bertz CT molecular complexity index is 877. The zero-order valence-corrected chi connectivity index (χ0v) is 18.3. The van der Waals surface area contributed by atoms with Crippen molar-refractivity contribution in [1.29, 1.82) is 0 Å². The van der Waals surface area contributed by atoms with Crippen molar-refractivity contribution in [2.45, 2.75) is 6.92 Å². The van der Waals surface area contributed by atoms with E-state index in [0.717, 1.165) is 5.56 Å². The molecule has 2 heterocycles. The van der Waals surface area contributed by atoms with Gasteiger partial charge in [0.2, 0.25) is 5.91 Å². The van der Waals surface area contributed by atoms with E-state index >= 15 is 0 Å². The molecular weight excluding hydrogens is 422 g/mol. The average Bonchev–Trinajstić information content (AvgIpc) is 3.02. The van der Waals surface area contributed by atoms with Crippen LogP contribution in [0.5, 0.6) is 0 Å². The number of nitrogens with zero attached hydrogens (tertiary/aromatic N) is 3. The smallest absolute Gasteiger partial charge is 0.409 e. The molecule has 1 aromatic rings. The number of benzene rings is 1. The van der Waals surface area contributed by atoms with Gasteiger partial charge in [-0.3, -0.25) is 14.5 Å². The number of carbonyl (C=O) groups excluding carboxylic acids is 3. The third kappa shape index (κ3) is 5.48. The summed E-state index contributed by atoms with van der Waals surface area (Å²) in [6.45, 7) is 3.61. The molecule has 0 spiro atoms. The molecule has 3 rings (SSSR count). The fourth-order valence-corrected chi connectivity index (χ4v) is 4.26. The fraction of sp³-hybridized carbons (Fsp3) is 0.333. The van der Waals surface area contributed by atoms with E-state index in [1.165, 1.54) is 16.7 Å². The third-order valence-electron chi connectivity index (χ3n) is 4.66. The molecule has 30 heavy (non-hydrogen) atoms. The van der Waals surface area contributed by atoms with Gasteiger partial charge in [0.15, 0.2) is 0 Å². The predicted molar refractivity (Wildman–Crippen MR) is 121 cm³/mol. The Labute approximate surface area is 185 Å². The van der Waals surface area contributed by atoms with E-state index in [1.54, 1.807) is 28.9 Å². The van der Waals surface area contributed by atoms with Gasteiger partial charge >= 0.3 is 6.09 Å². The van der Waals surface area contributed by atoms with Crippen LogP contribution in [0, 0.1) is 0 Å². The van der Waals surface area contributed by atoms with E-state index in [-0.39, 0.29) is 24.5 Å². The van der Waals surface area contributed by atoms with Gasteiger partial charge in [-0.15, -0.1) is 0 Å². The molecular formula is C21H23N3O4S2. The summed E-state index contributed by atoms with van der Waals surface area (Å²) in [5.41, 5.74) is 1.03. The van der Waals surface area contributed by atoms with Gasteiger partial charge in [-0.2, -0.15) is 0 Å². The summed E-state index contributed by atoms with van der Waals surface area (Å²) in [7, 11) is 0. The van der Waals surface area contributed by atoms with Crippen molar-refractivity contribution in [2.24, 2.45) is 0 Å². The quantitative estimate of drug-likeness (QED) is 0.513. The molecule has 0 aliphatic carbocycles. The molecule has 0 saturated carbocycles. The number of hydrogen-bond acceptors (Lipinski definition) is 6. The first kappa shape index (κ1) is 22.0. The van der Waals surface area contributed by atoms with E-state index in [4.69, 9.17) is 17.0 Å². The van der Waals surface area contributed by atoms with Crippen LogP contribution in [-0.4, -0.2) is 76.3 Å². The second kappa shape index (κ2) is 10.4. The summed E-state index contributed by atoms with van der Waals surface area (Å²) < 4.78 is 5.36. The number of hydrogen-bond donors (Lipinski definition) is 0. The Morgan fingerprint density at radius 3 is 2.47 bits per heavy atom. The van der Waals surface area contributed by atoms with Crippen LogP contribution >= 0.6 is 24.0 Å². The molecule has 0 aromatic heterocycles. The Morgan fingerprint density at radius 1 is 1.13 bits per heavy atom. The van der Waals surface area contributed by atoms with Gasteiger partial charge in [0.1, 0.15) is 10.9 Å². The lowest BCUT2D eigenvalue weighted by molar-refractivity contribution is -0.136. The minimum Gasteiger partial charge on any atom is -0.450 e. The van der Waals surface area contributed by atoms with Gasteiger partial charge < -0.3 is 14.5 Å². The van der Waals surface area contributed by atoms with E-state index in [2.05, 4.69) is 0 Å². The van der Waals surface area contributed by atoms with Gasteiger partial charge in [-0.25, -0.2) is 4.79 Å². The third-order valence-corrected chi connectivity index (χ3v) is 6.06. The van der Waals surface area contributed by atoms with Crippen molar-refractivity contribution < 1.29 is 19.1 Å². The SMILES string of the molecule is CCOC(=O)N1CCN(C(=O)CN2C(=O)C(=CC=Cc3ccccc3)SC2=S)CC1. The lowest BCUT2D eigenvalue weighted by Crippen LogP contribution is -2.53. The van der Waals surface area contributed by atoms with Crippen LogP contribution < -0.4 is 0 Å². The first-order valence-electron chi connectivity index (χ1n) is 9.66. The summed E-state index contributed by atoms with van der Waals surface area (Å²) in [5.74, 6) is -0.447. The molecule has 2 aliphatic heterocycles. The summed E-state index contributed by atoms with van der Waals surface area (Å²) in [6.07, 6.45) is 5.06. The van der Waals surface area contributed by atoms with Crippen molar-refractivity contribution in [1.82, 2.24) is 14.7 Å². The highest BCUT2D eigenvalue weighted by atomic mass is 32.2. The van der Waals surface area contributed by atoms with Crippen molar-refractivity contribution in [3.63, 3.8) is 0 Å². The molecule has 0 N–H and O–H groups in total. The maximum Gasteiger partial charge on any atom is 0.409 e. The molecule has 1 aromatic carbocycles. The highest BCUT2D eigenvalue weighted by Crippen LogP contribution is 2.31. The summed E-state index contributed by atoms with van der Waals surface area (Å²) in [5, 5.41) is 0. The molecule has 7 nitrogen and oxygen atoms in total. The first-order chi connectivity index (χ1) is 14.5. The molecule has 3 amide bonds. The zero-order valence-electron chi connectivity index (χ0n) is 16.7. The van der Waals surface area contributed by atoms with Crippen LogP contribution in [0.2, 0.25) is 0 Å². The monoisotopic (exact) mass is 445 g/mol. The van der Waals surface area contributed by atoms with Crippen LogP contribution in [-0.2, 0) is 14.3 Å². The topological polar surface area (TPSA) is 70.2 Å². The van der Waals surface area contributed by atoms with Gasteiger partial charge in [0, 0.05) is 26.2 Å². The molecule has 0 unspecified atom stereocenters. The number of piperazine rings is 1. The van der Waals surface area contributed by atoms with Crippen LogP contribution in [0.15, 0.2) is 47.4 Å². The second-order valence-corrected chi connectivity index (χ2v) is 8.30. The molecule has 9 heteroatoms. The van der Waals surface area contributed by atoms with Crippen molar-refractivity contribution in [3.05, 3.63) is 53.0 Å². The van der Waals surface area contributed by atoms with Gasteiger partial charge in [-0.05, 0) is 18.6 Å². The molecule has 2 aliphatic rings. The minimum atomic E-state index is -0.366. The Morgan fingerprint density at radius 2 is 1.80 bits per heavy atom. The van der Waals surface area contributed by atoms with Gasteiger partial charge in [-0.1, -0.05) is 66.5 Å². The number of amides is 3.